The van der Waals surface area contributed by atoms with E-state index in [1.807, 2.05) is 30.3 Å². The van der Waals surface area contributed by atoms with E-state index in [1.165, 1.54) is 29.2 Å². The molecule has 2 aromatic carbocycles. The summed E-state index contributed by atoms with van der Waals surface area (Å²) < 4.78 is 13.1. The fraction of sp³-hybridized carbons (Fsp3) is 0.250. The minimum atomic E-state index is -0.842. The number of hydrogen-bond donors (Lipinski definition) is 1. The third kappa shape index (κ3) is 3.79. The molecule has 0 fully saturated rings. The second kappa shape index (κ2) is 7.07. The third-order valence-corrected chi connectivity index (χ3v) is 4.25. The molecule has 1 heterocycles. The van der Waals surface area contributed by atoms with Crippen molar-refractivity contribution in [2.24, 2.45) is 4.99 Å². The molecule has 5 nitrogen and oxygen atoms in total. The van der Waals surface area contributed by atoms with Crippen LogP contribution in [0.25, 0.3) is 0 Å². The van der Waals surface area contributed by atoms with Crippen LogP contribution in [0.5, 0.6) is 0 Å². The standard InChI is InChI=1S/C20H20FN3O2/c1-20(2)23-18(15-8-10-16(21)11-9-15)19(26)24(20)13-17(25)22-12-14-6-4-3-5-7-14/h3-11H,12-13H2,1-2H3,(H,22,25). The molecule has 3 rings (SSSR count). The number of benzene rings is 2. The molecule has 1 aliphatic rings. The molecule has 134 valence electrons. The number of halogens is 1. The van der Waals surface area contributed by atoms with E-state index >= 15 is 0 Å². The molecule has 2 amide bonds. The zero-order chi connectivity index (χ0) is 18.7. The third-order valence-electron chi connectivity index (χ3n) is 4.25. The molecule has 26 heavy (non-hydrogen) atoms. The molecule has 0 radical (unpaired) electrons. The van der Waals surface area contributed by atoms with Crippen molar-refractivity contribution < 1.29 is 14.0 Å². The van der Waals surface area contributed by atoms with Crippen molar-refractivity contribution >= 4 is 17.5 Å². The lowest BCUT2D eigenvalue weighted by molar-refractivity contribution is -0.134. The van der Waals surface area contributed by atoms with Gasteiger partial charge in [-0.3, -0.25) is 14.6 Å². The molecule has 0 atom stereocenters. The highest BCUT2D eigenvalue weighted by Crippen LogP contribution is 2.26. The van der Waals surface area contributed by atoms with Crippen LogP contribution in [-0.4, -0.2) is 34.6 Å². The maximum absolute atomic E-state index is 13.1. The lowest BCUT2D eigenvalue weighted by atomic mass is 10.1. The van der Waals surface area contributed by atoms with Crippen molar-refractivity contribution in [3.8, 4) is 0 Å². The van der Waals surface area contributed by atoms with Gasteiger partial charge in [0.2, 0.25) is 5.91 Å². The highest BCUT2D eigenvalue weighted by molar-refractivity contribution is 6.46. The first-order valence-electron chi connectivity index (χ1n) is 8.35. The van der Waals surface area contributed by atoms with Crippen LogP contribution in [0.4, 0.5) is 4.39 Å². The Kier molecular flexibility index (Phi) is 4.84. The Morgan fingerprint density at radius 3 is 2.42 bits per heavy atom. The van der Waals surface area contributed by atoms with Gasteiger partial charge in [0.25, 0.3) is 5.91 Å². The first-order valence-corrected chi connectivity index (χ1v) is 8.35. The van der Waals surface area contributed by atoms with E-state index in [0.29, 0.717) is 12.1 Å². The summed E-state index contributed by atoms with van der Waals surface area (Å²) in [6.07, 6.45) is 0. The fourth-order valence-electron chi connectivity index (χ4n) is 2.82. The number of rotatable bonds is 5. The highest BCUT2D eigenvalue weighted by atomic mass is 19.1. The van der Waals surface area contributed by atoms with Gasteiger partial charge in [0.15, 0.2) is 0 Å². The molecule has 0 saturated heterocycles. The van der Waals surface area contributed by atoms with Crippen LogP contribution in [0.2, 0.25) is 0 Å². The van der Waals surface area contributed by atoms with Crippen molar-refractivity contribution in [3.63, 3.8) is 0 Å². The average Bonchev–Trinajstić information content (AvgIpc) is 2.85. The lowest BCUT2D eigenvalue weighted by Gasteiger charge is -2.28. The molecule has 0 bridgehead atoms. The molecule has 1 N–H and O–H groups in total. The van der Waals surface area contributed by atoms with Gasteiger partial charge in [0.1, 0.15) is 23.7 Å². The molecular weight excluding hydrogens is 333 g/mol. The summed E-state index contributed by atoms with van der Waals surface area (Å²) in [5.41, 5.74) is 0.920. The van der Waals surface area contributed by atoms with Gasteiger partial charge in [-0.05, 0) is 43.7 Å². The Morgan fingerprint density at radius 1 is 1.12 bits per heavy atom. The SMILES string of the molecule is CC1(C)N=C(c2ccc(F)cc2)C(=O)N1CC(=O)NCc1ccccc1. The van der Waals surface area contributed by atoms with Gasteiger partial charge in [-0.15, -0.1) is 0 Å². The van der Waals surface area contributed by atoms with E-state index in [2.05, 4.69) is 10.3 Å². The summed E-state index contributed by atoms with van der Waals surface area (Å²) in [6.45, 7) is 3.85. The number of hydrogen-bond acceptors (Lipinski definition) is 3. The van der Waals surface area contributed by atoms with Crippen LogP contribution in [0.15, 0.2) is 59.6 Å². The van der Waals surface area contributed by atoms with E-state index in [-0.39, 0.29) is 29.9 Å². The summed E-state index contributed by atoms with van der Waals surface area (Å²) >= 11 is 0. The number of carbonyl (C=O) groups excluding carboxylic acids is 2. The van der Waals surface area contributed by atoms with Crippen LogP contribution in [0, 0.1) is 5.82 Å². The second-order valence-corrected chi connectivity index (χ2v) is 6.62. The van der Waals surface area contributed by atoms with Gasteiger partial charge >= 0.3 is 0 Å². The molecule has 1 aliphatic heterocycles. The number of amides is 2. The van der Waals surface area contributed by atoms with E-state index < -0.39 is 5.66 Å². The van der Waals surface area contributed by atoms with E-state index in [0.717, 1.165) is 5.56 Å². The van der Waals surface area contributed by atoms with E-state index in [1.54, 1.807) is 13.8 Å². The Hall–Kier alpha value is -3.02. The van der Waals surface area contributed by atoms with Crippen LogP contribution in [0.3, 0.4) is 0 Å². The number of nitrogens with one attached hydrogen (secondary N) is 1. The molecular formula is C20H20FN3O2. The van der Waals surface area contributed by atoms with Crippen LogP contribution in [0.1, 0.15) is 25.0 Å². The maximum Gasteiger partial charge on any atom is 0.275 e. The minimum Gasteiger partial charge on any atom is -0.350 e. The summed E-state index contributed by atoms with van der Waals surface area (Å²) in [5, 5.41) is 2.81. The van der Waals surface area contributed by atoms with Crippen LogP contribution >= 0.6 is 0 Å². The number of nitrogens with zero attached hydrogens (tertiary/aromatic N) is 2. The van der Waals surface area contributed by atoms with Gasteiger partial charge < -0.3 is 10.2 Å². The summed E-state index contributed by atoms with van der Waals surface area (Å²) in [6, 6.07) is 15.1. The van der Waals surface area contributed by atoms with Gasteiger partial charge in [-0.25, -0.2) is 4.39 Å². The summed E-state index contributed by atoms with van der Waals surface area (Å²) in [7, 11) is 0. The minimum absolute atomic E-state index is 0.0904. The second-order valence-electron chi connectivity index (χ2n) is 6.62. The quantitative estimate of drug-likeness (QED) is 0.898. The van der Waals surface area contributed by atoms with E-state index in [9.17, 15) is 14.0 Å². The fourth-order valence-corrected chi connectivity index (χ4v) is 2.82. The van der Waals surface area contributed by atoms with Gasteiger partial charge in [0, 0.05) is 12.1 Å². The predicted octanol–water partition coefficient (Wildman–Crippen LogP) is 2.51. The Labute approximate surface area is 151 Å². The normalized spacial score (nSPS) is 15.7. The van der Waals surface area contributed by atoms with Crippen molar-refractivity contribution in [3.05, 3.63) is 71.5 Å². The Balaban J connectivity index is 1.67. The Morgan fingerprint density at radius 2 is 1.77 bits per heavy atom. The van der Waals surface area contributed by atoms with Crippen LogP contribution in [-0.2, 0) is 16.1 Å². The lowest BCUT2D eigenvalue weighted by Crippen LogP contribution is -2.48. The zero-order valence-electron chi connectivity index (χ0n) is 14.7. The Bertz CT molecular complexity index is 845. The summed E-state index contributed by atoms with van der Waals surface area (Å²) in [5.74, 6) is -0.974. The van der Waals surface area contributed by atoms with Gasteiger partial charge in [-0.1, -0.05) is 30.3 Å². The molecule has 0 spiro atoms. The molecule has 6 heteroatoms. The highest BCUT2D eigenvalue weighted by Gasteiger charge is 2.41. The number of carbonyl (C=O) groups is 2. The first-order chi connectivity index (χ1) is 12.4. The molecule has 0 unspecified atom stereocenters. The first kappa shape index (κ1) is 17.8. The maximum atomic E-state index is 13.1. The molecule has 2 aromatic rings. The smallest absolute Gasteiger partial charge is 0.275 e. The summed E-state index contributed by atoms with van der Waals surface area (Å²) in [4.78, 5) is 30.9. The van der Waals surface area contributed by atoms with Crippen molar-refractivity contribution in [1.82, 2.24) is 10.2 Å². The van der Waals surface area contributed by atoms with Crippen molar-refractivity contribution in [1.29, 1.82) is 0 Å². The van der Waals surface area contributed by atoms with Crippen molar-refractivity contribution in [2.75, 3.05) is 6.54 Å². The van der Waals surface area contributed by atoms with Gasteiger partial charge in [-0.2, -0.15) is 0 Å². The van der Waals surface area contributed by atoms with Crippen LogP contribution < -0.4 is 5.32 Å². The molecule has 0 saturated carbocycles. The monoisotopic (exact) mass is 353 g/mol. The largest absolute Gasteiger partial charge is 0.350 e. The average molecular weight is 353 g/mol. The molecule has 0 aliphatic carbocycles. The predicted molar refractivity (Wildman–Crippen MR) is 97.0 cm³/mol. The van der Waals surface area contributed by atoms with Gasteiger partial charge in [0.05, 0.1) is 0 Å². The van der Waals surface area contributed by atoms with Crippen molar-refractivity contribution in [2.45, 2.75) is 26.1 Å². The zero-order valence-corrected chi connectivity index (χ0v) is 14.7. The van der Waals surface area contributed by atoms with E-state index in [4.69, 9.17) is 0 Å². The topological polar surface area (TPSA) is 61.8 Å². The molecule has 0 aromatic heterocycles. The number of aliphatic imine (C=N–C) groups is 1.